The molecular weight excluding hydrogens is 340 g/mol. The smallest absolute Gasteiger partial charge is 0.338 e. The predicted molar refractivity (Wildman–Crippen MR) is 97.9 cm³/mol. The molecule has 0 spiro atoms. The Morgan fingerprint density at radius 3 is 2.44 bits per heavy atom. The zero-order chi connectivity index (χ0) is 17.9. The monoisotopic (exact) mass is 360 g/mol. The van der Waals surface area contributed by atoms with Gasteiger partial charge in [0.2, 0.25) is 0 Å². The number of carbonyl (C=O) groups is 1. The number of hydrogen-bond acceptors (Lipinski definition) is 4. The molecule has 0 radical (unpaired) electrons. The number of methoxy groups -OCH3 is 1. The topological polar surface area (TPSA) is 44.8 Å². The lowest BCUT2D eigenvalue weighted by atomic mass is 10.2. The molecule has 0 bridgehead atoms. The van der Waals surface area contributed by atoms with Crippen LogP contribution in [0.2, 0.25) is 0 Å². The van der Waals surface area contributed by atoms with Crippen LogP contribution in [0, 0.1) is 0 Å². The van der Waals surface area contributed by atoms with Crippen LogP contribution < -0.4 is 4.74 Å². The Kier molecular flexibility index (Phi) is 8.02. The van der Waals surface area contributed by atoms with E-state index in [0.717, 1.165) is 16.9 Å². The molecule has 0 aromatic heterocycles. The number of carbonyl (C=O) groups excluding carboxylic acids is 1. The molecule has 0 saturated heterocycles. The van der Waals surface area contributed by atoms with Crippen LogP contribution in [-0.2, 0) is 16.1 Å². The van der Waals surface area contributed by atoms with Crippen molar-refractivity contribution in [3.8, 4) is 5.75 Å². The van der Waals surface area contributed by atoms with Crippen molar-refractivity contribution in [3.63, 3.8) is 0 Å². The number of ether oxygens (including phenoxy) is 3. The van der Waals surface area contributed by atoms with Crippen molar-refractivity contribution in [2.45, 2.75) is 13.0 Å². The summed E-state index contributed by atoms with van der Waals surface area (Å²) in [4.78, 5) is 11.9. The molecule has 25 heavy (non-hydrogen) atoms. The van der Waals surface area contributed by atoms with Gasteiger partial charge in [0.25, 0.3) is 0 Å². The molecule has 0 heterocycles. The Morgan fingerprint density at radius 2 is 1.80 bits per heavy atom. The molecule has 0 N–H and O–H groups in total. The van der Waals surface area contributed by atoms with Crippen LogP contribution in [0.4, 0.5) is 0 Å². The molecule has 2 rings (SSSR count). The zero-order valence-corrected chi connectivity index (χ0v) is 14.9. The average Bonchev–Trinajstić information content (AvgIpc) is 2.68. The quantitative estimate of drug-likeness (QED) is 0.485. The minimum absolute atomic E-state index is 0.156. The van der Waals surface area contributed by atoms with Gasteiger partial charge in [0, 0.05) is 5.54 Å². The highest BCUT2D eigenvalue weighted by Gasteiger charge is 2.07. The van der Waals surface area contributed by atoms with Gasteiger partial charge in [-0.15, -0.1) is 0 Å². The fourth-order valence-corrected chi connectivity index (χ4v) is 2.26. The number of hydrogen-bond donors (Lipinski definition) is 0. The first-order valence-electron chi connectivity index (χ1n) is 7.94. The normalized spacial score (nSPS) is 11.2. The van der Waals surface area contributed by atoms with Crippen molar-refractivity contribution in [1.82, 2.24) is 0 Å². The van der Waals surface area contributed by atoms with E-state index >= 15 is 0 Å². The lowest BCUT2D eigenvalue weighted by Gasteiger charge is -2.09. The lowest BCUT2D eigenvalue weighted by molar-refractivity contribution is 0.0529. The number of rotatable bonds is 9. The van der Waals surface area contributed by atoms with Gasteiger partial charge in [0.15, 0.2) is 0 Å². The van der Waals surface area contributed by atoms with Gasteiger partial charge in [-0.3, -0.25) is 0 Å². The summed E-state index contributed by atoms with van der Waals surface area (Å²) in [5.74, 6) is 0.451. The molecule has 5 heteroatoms. The summed E-state index contributed by atoms with van der Waals surface area (Å²) in [6.45, 7) is 1.15. The van der Waals surface area contributed by atoms with Gasteiger partial charge < -0.3 is 14.2 Å². The van der Waals surface area contributed by atoms with Crippen molar-refractivity contribution in [2.24, 2.45) is 0 Å². The largest absolute Gasteiger partial charge is 0.497 e. The molecular formula is C20H21ClO4. The molecule has 132 valence electrons. The summed E-state index contributed by atoms with van der Waals surface area (Å²) >= 11 is 5.80. The van der Waals surface area contributed by atoms with Crippen LogP contribution in [0.25, 0.3) is 0 Å². The van der Waals surface area contributed by atoms with E-state index in [-0.39, 0.29) is 12.6 Å². The minimum Gasteiger partial charge on any atom is -0.497 e. The molecule has 4 nitrogen and oxygen atoms in total. The third kappa shape index (κ3) is 6.61. The molecule has 0 unspecified atom stereocenters. The summed E-state index contributed by atoms with van der Waals surface area (Å²) in [5.41, 5.74) is 3.83. The highest BCUT2D eigenvalue weighted by Crippen LogP contribution is 2.13. The fourth-order valence-electron chi connectivity index (χ4n) is 2.09. The van der Waals surface area contributed by atoms with Crippen LogP contribution in [0.5, 0.6) is 5.75 Å². The summed E-state index contributed by atoms with van der Waals surface area (Å²) in [5, 5.41) is 0. The number of esters is 1. The molecule has 0 fully saturated rings. The van der Waals surface area contributed by atoms with Crippen molar-refractivity contribution < 1.29 is 19.0 Å². The molecule has 0 aliphatic rings. The van der Waals surface area contributed by atoms with Gasteiger partial charge in [-0.05, 0) is 41.8 Å². The van der Waals surface area contributed by atoms with Gasteiger partial charge in [-0.1, -0.05) is 41.9 Å². The van der Waals surface area contributed by atoms with E-state index in [2.05, 4.69) is 0 Å². The fraction of sp³-hybridized carbons (Fsp3) is 0.250. The summed E-state index contributed by atoms with van der Waals surface area (Å²) in [7, 11) is 1.64. The Bertz CT molecular complexity index is 681. The van der Waals surface area contributed by atoms with E-state index in [4.69, 9.17) is 25.8 Å². The molecule has 2 aromatic carbocycles. The van der Waals surface area contributed by atoms with Gasteiger partial charge in [0.05, 0.1) is 25.9 Å². The SMILES string of the molecule is COc1ccc(COCC/C(=C\Cl)COC(=O)c2ccccc2)cc1. The highest BCUT2D eigenvalue weighted by atomic mass is 35.5. The lowest BCUT2D eigenvalue weighted by Crippen LogP contribution is -2.09. The van der Waals surface area contributed by atoms with E-state index in [1.807, 2.05) is 30.3 Å². The van der Waals surface area contributed by atoms with Gasteiger partial charge in [-0.25, -0.2) is 4.79 Å². The molecule has 0 aliphatic carbocycles. The Morgan fingerprint density at radius 1 is 1.08 bits per heavy atom. The standard InChI is InChI=1S/C20H21ClO4/c1-23-19-9-7-16(8-10-19)14-24-12-11-17(13-21)15-25-20(22)18-5-3-2-4-6-18/h2-10,13H,11-12,14-15H2,1H3/b17-13+. The van der Waals surface area contributed by atoms with Crippen molar-refractivity contribution in [2.75, 3.05) is 20.3 Å². The minimum atomic E-state index is -0.365. The van der Waals surface area contributed by atoms with Crippen LogP contribution in [0.3, 0.4) is 0 Å². The van der Waals surface area contributed by atoms with Crippen molar-refractivity contribution >= 4 is 17.6 Å². The second-order valence-corrected chi connectivity index (χ2v) is 5.58. The van der Waals surface area contributed by atoms with Crippen LogP contribution >= 0.6 is 11.6 Å². The first-order valence-corrected chi connectivity index (χ1v) is 8.37. The van der Waals surface area contributed by atoms with E-state index < -0.39 is 0 Å². The number of benzene rings is 2. The molecule has 2 aromatic rings. The maximum atomic E-state index is 11.9. The number of halogens is 1. The Hall–Kier alpha value is -2.30. The average molecular weight is 361 g/mol. The second kappa shape index (κ2) is 10.5. The molecule has 0 amide bonds. The first-order chi connectivity index (χ1) is 12.2. The first kappa shape index (κ1) is 19.0. The van der Waals surface area contributed by atoms with E-state index in [1.54, 1.807) is 31.4 Å². The molecule has 0 aliphatic heterocycles. The Balaban J connectivity index is 1.68. The maximum absolute atomic E-state index is 11.9. The van der Waals surface area contributed by atoms with Crippen molar-refractivity contribution in [3.05, 3.63) is 76.8 Å². The molecule has 0 atom stereocenters. The Labute approximate surface area is 153 Å². The highest BCUT2D eigenvalue weighted by molar-refractivity contribution is 6.25. The van der Waals surface area contributed by atoms with Crippen LogP contribution in [0.15, 0.2) is 65.7 Å². The zero-order valence-electron chi connectivity index (χ0n) is 14.1. The third-order valence-corrected chi connectivity index (χ3v) is 3.86. The van der Waals surface area contributed by atoms with E-state index in [1.165, 1.54) is 5.54 Å². The van der Waals surface area contributed by atoms with E-state index in [9.17, 15) is 4.79 Å². The second-order valence-electron chi connectivity index (χ2n) is 5.36. The van der Waals surface area contributed by atoms with Gasteiger partial charge >= 0.3 is 5.97 Å². The third-order valence-electron chi connectivity index (χ3n) is 3.55. The summed E-state index contributed by atoms with van der Waals surface area (Å²) in [6.07, 6.45) is 0.599. The van der Waals surface area contributed by atoms with Crippen LogP contribution in [0.1, 0.15) is 22.3 Å². The van der Waals surface area contributed by atoms with Crippen molar-refractivity contribution in [1.29, 1.82) is 0 Å². The summed E-state index contributed by atoms with van der Waals surface area (Å²) < 4.78 is 16.0. The van der Waals surface area contributed by atoms with Gasteiger partial charge in [-0.2, -0.15) is 0 Å². The van der Waals surface area contributed by atoms with Gasteiger partial charge in [0.1, 0.15) is 12.4 Å². The molecule has 0 saturated carbocycles. The summed E-state index contributed by atoms with van der Waals surface area (Å²) in [6, 6.07) is 16.6. The predicted octanol–water partition coefficient (Wildman–Crippen LogP) is 4.58. The maximum Gasteiger partial charge on any atom is 0.338 e. The van der Waals surface area contributed by atoms with E-state index in [0.29, 0.717) is 25.2 Å². The van der Waals surface area contributed by atoms with Crippen LogP contribution in [-0.4, -0.2) is 26.3 Å².